The molecule has 0 radical (unpaired) electrons. The molecular weight excluding hydrogens is 272 g/mol. The van der Waals surface area contributed by atoms with Crippen molar-refractivity contribution in [3.05, 3.63) is 59.7 Å². The summed E-state index contributed by atoms with van der Waals surface area (Å²) in [6.07, 6.45) is 1.74. The molecular formula is C17H19ClO2. The molecule has 0 aromatic heterocycles. The van der Waals surface area contributed by atoms with Gasteiger partial charge in [0.25, 0.3) is 0 Å². The highest BCUT2D eigenvalue weighted by Crippen LogP contribution is 2.30. The van der Waals surface area contributed by atoms with E-state index in [1.807, 2.05) is 36.4 Å². The maximum atomic E-state index is 6.44. The lowest BCUT2D eigenvalue weighted by molar-refractivity contribution is 0.390. The summed E-state index contributed by atoms with van der Waals surface area (Å²) < 4.78 is 10.6. The maximum absolute atomic E-state index is 6.44. The number of ether oxygens (including phenoxy) is 2. The second-order valence-corrected chi connectivity index (χ2v) is 5.12. The van der Waals surface area contributed by atoms with Crippen LogP contribution < -0.4 is 9.47 Å². The van der Waals surface area contributed by atoms with Gasteiger partial charge in [-0.15, -0.1) is 11.6 Å². The molecule has 2 nitrogen and oxygen atoms in total. The minimum absolute atomic E-state index is 0.0167. The van der Waals surface area contributed by atoms with Crippen LogP contribution in [0.5, 0.6) is 11.5 Å². The topological polar surface area (TPSA) is 18.5 Å². The average Bonchev–Trinajstić information content (AvgIpc) is 2.53. The first-order chi connectivity index (χ1) is 9.74. The van der Waals surface area contributed by atoms with E-state index in [1.54, 1.807) is 14.2 Å². The number of hydrogen-bond donors (Lipinski definition) is 0. The molecule has 0 fully saturated rings. The molecule has 0 bridgehead atoms. The Kier molecular flexibility index (Phi) is 5.31. The Morgan fingerprint density at radius 1 is 1.00 bits per heavy atom. The standard InChI is InChI=1S/C17H19ClO2/c1-19-15-10-8-14(17(12-15)20-2)9-11-16(18)13-6-4-3-5-7-13/h3-8,10,12,16H,9,11H2,1-2H3. The number of aryl methyl sites for hydroxylation is 1. The molecule has 0 spiro atoms. The van der Waals surface area contributed by atoms with E-state index in [4.69, 9.17) is 21.1 Å². The molecule has 2 aromatic carbocycles. The number of benzene rings is 2. The van der Waals surface area contributed by atoms with E-state index in [-0.39, 0.29) is 5.38 Å². The number of alkyl halides is 1. The fraction of sp³-hybridized carbons (Fsp3) is 0.294. The molecule has 20 heavy (non-hydrogen) atoms. The van der Waals surface area contributed by atoms with Gasteiger partial charge in [0.2, 0.25) is 0 Å². The predicted molar refractivity (Wildman–Crippen MR) is 82.9 cm³/mol. The van der Waals surface area contributed by atoms with Crippen LogP contribution in [0, 0.1) is 0 Å². The van der Waals surface area contributed by atoms with Crippen LogP contribution in [0.4, 0.5) is 0 Å². The van der Waals surface area contributed by atoms with Gasteiger partial charge < -0.3 is 9.47 Å². The lowest BCUT2D eigenvalue weighted by Crippen LogP contribution is -1.97. The smallest absolute Gasteiger partial charge is 0.125 e. The number of halogens is 1. The molecule has 3 heteroatoms. The Hall–Kier alpha value is -1.67. The third-order valence-corrected chi connectivity index (χ3v) is 3.79. The molecule has 0 aliphatic heterocycles. The van der Waals surface area contributed by atoms with Gasteiger partial charge >= 0.3 is 0 Å². The second kappa shape index (κ2) is 7.20. The van der Waals surface area contributed by atoms with Gasteiger partial charge in [0, 0.05) is 6.07 Å². The molecule has 106 valence electrons. The van der Waals surface area contributed by atoms with Gasteiger partial charge in [-0.2, -0.15) is 0 Å². The zero-order chi connectivity index (χ0) is 14.4. The number of methoxy groups -OCH3 is 2. The highest BCUT2D eigenvalue weighted by Gasteiger charge is 2.10. The van der Waals surface area contributed by atoms with Gasteiger partial charge in [-0.1, -0.05) is 36.4 Å². The molecule has 2 rings (SSSR count). The first kappa shape index (κ1) is 14.7. The van der Waals surface area contributed by atoms with Crippen molar-refractivity contribution in [2.75, 3.05) is 14.2 Å². The third-order valence-electron chi connectivity index (χ3n) is 3.32. The minimum atomic E-state index is 0.0167. The molecule has 0 aliphatic carbocycles. The lowest BCUT2D eigenvalue weighted by atomic mass is 10.0. The van der Waals surface area contributed by atoms with Gasteiger partial charge in [0.1, 0.15) is 11.5 Å². The van der Waals surface area contributed by atoms with Crippen LogP contribution in [0.2, 0.25) is 0 Å². The summed E-state index contributed by atoms with van der Waals surface area (Å²) in [6.45, 7) is 0. The third kappa shape index (κ3) is 3.67. The van der Waals surface area contributed by atoms with Gasteiger partial charge in [0.05, 0.1) is 19.6 Å². The van der Waals surface area contributed by atoms with Crippen LogP contribution >= 0.6 is 11.6 Å². The van der Waals surface area contributed by atoms with Gasteiger partial charge in [-0.05, 0) is 30.0 Å². The van der Waals surface area contributed by atoms with Crippen LogP contribution in [0.1, 0.15) is 22.9 Å². The molecule has 2 aromatic rings. The summed E-state index contributed by atoms with van der Waals surface area (Å²) in [4.78, 5) is 0. The van der Waals surface area contributed by atoms with E-state index < -0.39 is 0 Å². The van der Waals surface area contributed by atoms with Crippen LogP contribution in [0.3, 0.4) is 0 Å². The Bertz CT molecular complexity index is 540. The normalized spacial score (nSPS) is 11.9. The minimum Gasteiger partial charge on any atom is -0.497 e. The van der Waals surface area contributed by atoms with Crippen molar-refractivity contribution in [2.24, 2.45) is 0 Å². The summed E-state index contributed by atoms with van der Waals surface area (Å²) in [5.41, 5.74) is 2.30. The molecule has 0 aliphatic rings. The number of rotatable bonds is 6. The van der Waals surface area contributed by atoms with Crippen LogP contribution in [0.25, 0.3) is 0 Å². The largest absolute Gasteiger partial charge is 0.497 e. The second-order valence-electron chi connectivity index (χ2n) is 4.59. The Labute approximate surface area is 125 Å². The summed E-state index contributed by atoms with van der Waals surface area (Å²) in [5.74, 6) is 1.65. The summed E-state index contributed by atoms with van der Waals surface area (Å²) in [7, 11) is 3.33. The van der Waals surface area contributed by atoms with Crippen molar-refractivity contribution in [1.82, 2.24) is 0 Å². The van der Waals surface area contributed by atoms with Crippen molar-refractivity contribution in [2.45, 2.75) is 18.2 Å². The predicted octanol–water partition coefficient (Wildman–Crippen LogP) is 4.62. The SMILES string of the molecule is COc1ccc(CCC(Cl)c2ccccc2)c(OC)c1. The van der Waals surface area contributed by atoms with Gasteiger partial charge in [-0.25, -0.2) is 0 Å². The zero-order valence-corrected chi connectivity index (χ0v) is 12.6. The Morgan fingerprint density at radius 2 is 1.75 bits per heavy atom. The highest BCUT2D eigenvalue weighted by molar-refractivity contribution is 6.20. The molecule has 0 saturated carbocycles. The highest BCUT2D eigenvalue weighted by atomic mass is 35.5. The van der Waals surface area contributed by atoms with Crippen LogP contribution in [-0.4, -0.2) is 14.2 Å². The molecule has 0 saturated heterocycles. The van der Waals surface area contributed by atoms with E-state index in [0.29, 0.717) is 0 Å². The average molecular weight is 291 g/mol. The van der Waals surface area contributed by atoms with E-state index in [0.717, 1.165) is 35.5 Å². The van der Waals surface area contributed by atoms with Gasteiger partial charge in [-0.3, -0.25) is 0 Å². The van der Waals surface area contributed by atoms with E-state index in [1.165, 1.54) is 0 Å². The molecule has 0 N–H and O–H groups in total. The first-order valence-electron chi connectivity index (χ1n) is 6.64. The first-order valence-corrected chi connectivity index (χ1v) is 7.08. The van der Waals surface area contributed by atoms with E-state index >= 15 is 0 Å². The maximum Gasteiger partial charge on any atom is 0.125 e. The molecule has 0 heterocycles. The quantitative estimate of drug-likeness (QED) is 0.723. The Morgan fingerprint density at radius 3 is 2.40 bits per heavy atom. The van der Waals surface area contributed by atoms with Crippen molar-refractivity contribution >= 4 is 11.6 Å². The molecule has 1 atom stereocenters. The zero-order valence-electron chi connectivity index (χ0n) is 11.8. The van der Waals surface area contributed by atoms with Crippen LogP contribution in [0.15, 0.2) is 48.5 Å². The summed E-state index contributed by atoms with van der Waals surface area (Å²) in [5, 5.41) is 0.0167. The van der Waals surface area contributed by atoms with E-state index in [9.17, 15) is 0 Å². The summed E-state index contributed by atoms with van der Waals surface area (Å²) in [6, 6.07) is 16.0. The van der Waals surface area contributed by atoms with E-state index in [2.05, 4.69) is 12.1 Å². The summed E-state index contributed by atoms with van der Waals surface area (Å²) >= 11 is 6.44. The molecule has 1 unspecified atom stereocenters. The van der Waals surface area contributed by atoms with Crippen LogP contribution in [-0.2, 0) is 6.42 Å². The van der Waals surface area contributed by atoms with Crippen molar-refractivity contribution in [3.8, 4) is 11.5 Å². The number of hydrogen-bond acceptors (Lipinski definition) is 2. The van der Waals surface area contributed by atoms with Gasteiger partial charge in [0.15, 0.2) is 0 Å². The lowest BCUT2D eigenvalue weighted by Gasteiger charge is -2.13. The van der Waals surface area contributed by atoms with Crippen molar-refractivity contribution in [3.63, 3.8) is 0 Å². The fourth-order valence-corrected chi connectivity index (χ4v) is 2.42. The van der Waals surface area contributed by atoms with Crippen molar-refractivity contribution < 1.29 is 9.47 Å². The van der Waals surface area contributed by atoms with Crippen molar-refractivity contribution in [1.29, 1.82) is 0 Å². The fourth-order valence-electron chi connectivity index (χ4n) is 2.17. The monoisotopic (exact) mass is 290 g/mol. The molecule has 0 amide bonds. The Balaban J connectivity index is 2.03.